The van der Waals surface area contributed by atoms with Gasteiger partial charge in [0.2, 0.25) is 0 Å². The first-order valence-electron chi connectivity index (χ1n) is 13.7. The van der Waals surface area contributed by atoms with E-state index in [2.05, 4.69) is 31.2 Å². The minimum atomic E-state index is -0.300. The third kappa shape index (κ3) is 4.84. The molecule has 0 radical (unpaired) electrons. The molecule has 4 aliphatic carbocycles. The molecule has 190 valence electrons. The van der Waals surface area contributed by atoms with Gasteiger partial charge in [-0.15, -0.1) is 0 Å². The number of carbonyl (C=O) groups excluding carboxylic acids is 1. The Kier molecular flexibility index (Phi) is 6.40. The van der Waals surface area contributed by atoms with Crippen LogP contribution in [0.3, 0.4) is 0 Å². The molecular weight excluding hydrogens is 456 g/mol. The first kappa shape index (κ1) is 24.0. The van der Waals surface area contributed by atoms with Gasteiger partial charge in [0.25, 0.3) is 0 Å². The molecule has 0 aliphatic heterocycles. The van der Waals surface area contributed by atoms with Crippen molar-refractivity contribution in [2.45, 2.75) is 57.5 Å². The Morgan fingerprint density at radius 1 is 0.865 bits per heavy atom. The highest BCUT2D eigenvalue weighted by molar-refractivity contribution is 5.90. The lowest BCUT2D eigenvalue weighted by atomic mass is 9.48. The Morgan fingerprint density at radius 2 is 1.49 bits per heavy atom. The molecule has 4 bridgehead atoms. The van der Waals surface area contributed by atoms with Crippen LogP contribution in [0.5, 0.6) is 5.75 Å². The number of benzene rings is 3. The van der Waals surface area contributed by atoms with Crippen LogP contribution in [-0.2, 0) is 16.8 Å². The number of rotatable bonds is 7. The average molecular weight is 493 g/mol. The van der Waals surface area contributed by atoms with Crippen LogP contribution in [0.2, 0.25) is 0 Å². The second-order valence-corrected chi connectivity index (χ2v) is 11.6. The summed E-state index contributed by atoms with van der Waals surface area (Å²) in [5.74, 6) is 3.45. The second kappa shape index (κ2) is 9.85. The molecule has 0 N–H and O–H groups in total. The van der Waals surface area contributed by atoms with Crippen molar-refractivity contribution < 1.29 is 14.3 Å². The lowest BCUT2D eigenvalue weighted by Gasteiger charge is -2.57. The first-order chi connectivity index (χ1) is 18.0. The maximum Gasteiger partial charge on any atom is 0.338 e. The lowest BCUT2D eigenvalue weighted by molar-refractivity contribution is -0.00616. The normalized spacial score (nSPS) is 26.2. The van der Waals surface area contributed by atoms with Gasteiger partial charge in [0, 0.05) is 5.56 Å². The van der Waals surface area contributed by atoms with E-state index in [0.29, 0.717) is 5.56 Å². The van der Waals surface area contributed by atoms with E-state index in [1.54, 1.807) is 0 Å². The molecule has 37 heavy (non-hydrogen) atoms. The van der Waals surface area contributed by atoms with Crippen molar-refractivity contribution >= 4 is 17.6 Å². The Balaban J connectivity index is 1.20. The van der Waals surface area contributed by atoms with E-state index in [-0.39, 0.29) is 18.0 Å². The third-order valence-corrected chi connectivity index (χ3v) is 9.01. The minimum Gasteiger partial charge on any atom is -0.496 e. The summed E-state index contributed by atoms with van der Waals surface area (Å²) >= 11 is 0. The first-order valence-corrected chi connectivity index (χ1v) is 13.7. The molecule has 0 spiro atoms. The van der Waals surface area contributed by atoms with E-state index in [0.717, 1.165) is 34.6 Å². The second-order valence-electron chi connectivity index (χ2n) is 11.6. The molecule has 0 atom stereocenters. The van der Waals surface area contributed by atoms with Crippen LogP contribution in [0.4, 0.5) is 0 Å². The number of methoxy groups -OCH3 is 1. The fourth-order valence-corrected chi connectivity index (χ4v) is 7.66. The van der Waals surface area contributed by atoms with Gasteiger partial charge in [-0.3, -0.25) is 0 Å². The fourth-order valence-electron chi connectivity index (χ4n) is 7.66. The van der Waals surface area contributed by atoms with Crippen LogP contribution in [0.25, 0.3) is 11.6 Å². The molecule has 3 aromatic carbocycles. The summed E-state index contributed by atoms with van der Waals surface area (Å²) < 4.78 is 11.4. The molecule has 7 rings (SSSR count). The van der Waals surface area contributed by atoms with Gasteiger partial charge in [0.1, 0.15) is 12.4 Å². The molecule has 4 aliphatic rings. The predicted octanol–water partition coefficient (Wildman–Crippen LogP) is 8.08. The minimum absolute atomic E-state index is 0.282. The van der Waals surface area contributed by atoms with E-state index >= 15 is 0 Å². The highest BCUT2D eigenvalue weighted by Crippen LogP contribution is 2.62. The number of ether oxygens (including phenoxy) is 2. The zero-order valence-corrected chi connectivity index (χ0v) is 21.9. The summed E-state index contributed by atoms with van der Waals surface area (Å²) in [7, 11) is 1.81. The van der Waals surface area contributed by atoms with Crippen molar-refractivity contribution in [3.05, 3.63) is 101 Å². The van der Waals surface area contributed by atoms with Crippen molar-refractivity contribution in [3.63, 3.8) is 0 Å². The highest BCUT2D eigenvalue weighted by atomic mass is 16.5. The van der Waals surface area contributed by atoms with Crippen molar-refractivity contribution in [2.75, 3.05) is 7.11 Å². The highest BCUT2D eigenvalue weighted by Gasteiger charge is 2.52. The summed E-state index contributed by atoms with van der Waals surface area (Å²) in [5, 5.41) is 0. The Hall–Kier alpha value is -3.33. The van der Waals surface area contributed by atoms with Gasteiger partial charge in [0.15, 0.2) is 0 Å². The maximum absolute atomic E-state index is 12.5. The molecule has 3 aromatic rings. The molecule has 0 saturated heterocycles. The molecular formula is C34H36O3. The topological polar surface area (TPSA) is 35.5 Å². The summed E-state index contributed by atoms with van der Waals surface area (Å²) in [4.78, 5) is 12.5. The summed E-state index contributed by atoms with van der Waals surface area (Å²) in [5.41, 5.74) is 6.81. The Bertz CT molecular complexity index is 1270. The van der Waals surface area contributed by atoms with Crippen LogP contribution < -0.4 is 4.74 Å². The molecule has 0 unspecified atom stereocenters. The average Bonchev–Trinajstić information content (AvgIpc) is 2.91. The molecule has 4 saturated carbocycles. The molecule has 0 amide bonds. The van der Waals surface area contributed by atoms with Gasteiger partial charge in [-0.05, 0) is 115 Å². The standard InChI is InChI=1S/C34H36O3/c1-23(14-24-8-10-29(11-9-24)33(35)37-22-25-6-4-3-5-7-25)30-12-13-32(36-2)31(18-30)34-19-26-15-27(20-34)17-28(16-26)21-34/h3-14,18,26-28H,15-17,19-22H2,1-2H3/b23-14+. The van der Waals surface area contributed by atoms with Crippen molar-refractivity contribution in [3.8, 4) is 5.75 Å². The zero-order chi connectivity index (χ0) is 25.4. The largest absolute Gasteiger partial charge is 0.496 e. The van der Waals surface area contributed by atoms with E-state index in [4.69, 9.17) is 9.47 Å². The Labute approximate surface area is 220 Å². The van der Waals surface area contributed by atoms with E-state index < -0.39 is 0 Å². The van der Waals surface area contributed by atoms with Crippen LogP contribution >= 0.6 is 0 Å². The van der Waals surface area contributed by atoms with Gasteiger partial charge < -0.3 is 9.47 Å². The number of hydrogen-bond acceptors (Lipinski definition) is 3. The fraction of sp³-hybridized carbons (Fsp3) is 0.382. The van der Waals surface area contributed by atoms with E-state index in [1.165, 1.54) is 55.2 Å². The predicted molar refractivity (Wildman–Crippen MR) is 148 cm³/mol. The smallest absolute Gasteiger partial charge is 0.338 e. The van der Waals surface area contributed by atoms with Gasteiger partial charge in [-0.1, -0.05) is 54.6 Å². The number of hydrogen-bond donors (Lipinski definition) is 0. The molecule has 3 heteroatoms. The van der Waals surface area contributed by atoms with Gasteiger partial charge in [-0.25, -0.2) is 4.79 Å². The third-order valence-electron chi connectivity index (χ3n) is 9.01. The van der Waals surface area contributed by atoms with Crippen molar-refractivity contribution in [2.24, 2.45) is 17.8 Å². The Morgan fingerprint density at radius 3 is 2.11 bits per heavy atom. The number of esters is 1. The monoisotopic (exact) mass is 492 g/mol. The lowest BCUT2D eigenvalue weighted by Crippen LogP contribution is -2.48. The number of allylic oxidation sites excluding steroid dienone is 1. The van der Waals surface area contributed by atoms with Gasteiger partial charge >= 0.3 is 5.97 Å². The van der Waals surface area contributed by atoms with Crippen LogP contribution in [0, 0.1) is 17.8 Å². The maximum atomic E-state index is 12.5. The number of carbonyl (C=O) groups is 1. The van der Waals surface area contributed by atoms with E-state index in [1.807, 2.05) is 61.7 Å². The summed E-state index contributed by atoms with van der Waals surface area (Å²) in [6.45, 7) is 2.46. The van der Waals surface area contributed by atoms with Crippen LogP contribution in [-0.4, -0.2) is 13.1 Å². The zero-order valence-electron chi connectivity index (χ0n) is 21.9. The molecule has 0 heterocycles. The van der Waals surface area contributed by atoms with Crippen molar-refractivity contribution in [1.29, 1.82) is 0 Å². The van der Waals surface area contributed by atoms with Gasteiger partial charge in [-0.2, -0.15) is 0 Å². The molecule has 4 fully saturated rings. The quantitative estimate of drug-likeness (QED) is 0.247. The van der Waals surface area contributed by atoms with Crippen LogP contribution in [0.15, 0.2) is 72.8 Å². The van der Waals surface area contributed by atoms with E-state index in [9.17, 15) is 4.79 Å². The van der Waals surface area contributed by atoms with Crippen molar-refractivity contribution in [1.82, 2.24) is 0 Å². The molecule has 3 nitrogen and oxygen atoms in total. The van der Waals surface area contributed by atoms with Gasteiger partial charge in [0.05, 0.1) is 12.7 Å². The van der Waals surface area contributed by atoms with Crippen LogP contribution in [0.1, 0.15) is 78.1 Å². The molecule has 0 aromatic heterocycles. The summed E-state index contributed by atoms with van der Waals surface area (Å²) in [6.07, 6.45) is 10.5. The SMILES string of the molecule is COc1ccc(/C(C)=C/c2ccc(C(=O)OCc3ccccc3)cc2)cc1C12CC3CC(CC(C3)C1)C2. The summed E-state index contributed by atoms with van der Waals surface area (Å²) in [6, 6.07) is 24.2.